The number of amides is 3. The summed E-state index contributed by atoms with van der Waals surface area (Å²) in [6, 6.07) is 7.54. The normalized spacial score (nSPS) is 18.3. The molecule has 3 amide bonds. The van der Waals surface area contributed by atoms with E-state index in [1.54, 1.807) is 0 Å². The average Bonchev–Trinajstić information content (AvgIpc) is 2.45. The minimum Gasteiger partial charge on any atom is -0.352 e. The van der Waals surface area contributed by atoms with Crippen molar-refractivity contribution in [2.45, 2.75) is 38.6 Å². The predicted octanol–water partition coefficient (Wildman–Crippen LogP) is 1.59. The summed E-state index contributed by atoms with van der Waals surface area (Å²) in [5, 5.41) is 2.62. The zero-order valence-corrected chi connectivity index (χ0v) is 12.5. The van der Waals surface area contributed by atoms with Crippen molar-refractivity contribution in [3.05, 3.63) is 35.4 Å². The van der Waals surface area contributed by atoms with Gasteiger partial charge in [0.05, 0.1) is 6.42 Å². The Hall–Kier alpha value is -2.04. The van der Waals surface area contributed by atoms with Crippen LogP contribution in [0.2, 0.25) is 0 Å². The van der Waals surface area contributed by atoms with Crippen LogP contribution in [-0.4, -0.2) is 36.0 Å². The number of urea groups is 1. The second-order valence-corrected chi connectivity index (χ2v) is 5.65. The van der Waals surface area contributed by atoms with E-state index in [9.17, 15) is 9.59 Å². The van der Waals surface area contributed by atoms with E-state index in [1.807, 2.05) is 36.1 Å². The Morgan fingerprint density at radius 1 is 1.38 bits per heavy atom. The van der Waals surface area contributed by atoms with Gasteiger partial charge in [-0.2, -0.15) is 0 Å². The maximum atomic E-state index is 12.5. The van der Waals surface area contributed by atoms with Gasteiger partial charge in [0.1, 0.15) is 0 Å². The van der Waals surface area contributed by atoms with E-state index in [1.165, 1.54) is 0 Å². The first-order valence-corrected chi connectivity index (χ1v) is 7.44. The molecule has 21 heavy (non-hydrogen) atoms. The molecule has 5 heteroatoms. The smallest absolute Gasteiger partial charge is 0.312 e. The molecule has 5 nitrogen and oxygen atoms in total. The van der Waals surface area contributed by atoms with E-state index >= 15 is 0 Å². The van der Waals surface area contributed by atoms with Gasteiger partial charge in [0.15, 0.2) is 0 Å². The average molecular weight is 289 g/mol. The Kier molecular flexibility index (Phi) is 5.20. The van der Waals surface area contributed by atoms with Crippen LogP contribution in [0.25, 0.3) is 0 Å². The Balaban J connectivity index is 1.99. The fourth-order valence-electron chi connectivity index (χ4n) is 2.86. The van der Waals surface area contributed by atoms with Crippen molar-refractivity contribution in [3.63, 3.8) is 0 Å². The zero-order valence-electron chi connectivity index (χ0n) is 12.5. The van der Waals surface area contributed by atoms with Crippen LogP contribution in [0.15, 0.2) is 24.3 Å². The molecule has 0 unspecified atom stereocenters. The second-order valence-electron chi connectivity index (χ2n) is 5.65. The number of nitrogens with zero attached hydrogens (tertiary/aromatic N) is 1. The number of carbonyl (C=O) groups excluding carboxylic acids is 2. The van der Waals surface area contributed by atoms with Gasteiger partial charge < -0.3 is 16.0 Å². The minimum atomic E-state index is -0.536. The van der Waals surface area contributed by atoms with Gasteiger partial charge in [0.2, 0.25) is 5.91 Å². The summed E-state index contributed by atoms with van der Waals surface area (Å²) < 4.78 is 0. The maximum Gasteiger partial charge on any atom is 0.312 e. The third kappa shape index (κ3) is 4.48. The molecule has 1 aliphatic rings. The molecule has 3 N–H and O–H groups in total. The van der Waals surface area contributed by atoms with Gasteiger partial charge >= 0.3 is 6.03 Å². The molecule has 1 heterocycles. The van der Waals surface area contributed by atoms with Gasteiger partial charge in [-0.15, -0.1) is 0 Å². The van der Waals surface area contributed by atoms with Crippen LogP contribution in [0, 0.1) is 6.92 Å². The van der Waals surface area contributed by atoms with Gasteiger partial charge in [-0.3, -0.25) is 4.79 Å². The lowest BCUT2D eigenvalue weighted by molar-refractivity contribution is -0.134. The van der Waals surface area contributed by atoms with Crippen LogP contribution in [0.5, 0.6) is 0 Å². The first-order chi connectivity index (χ1) is 10.1. The van der Waals surface area contributed by atoms with Crippen molar-refractivity contribution in [1.29, 1.82) is 0 Å². The number of benzene rings is 1. The molecular formula is C16H23N3O2. The molecule has 1 aliphatic heterocycles. The summed E-state index contributed by atoms with van der Waals surface area (Å²) in [5.74, 6) is 0.122. The molecule has 0 spiro atoms. The molecule has 0 aliphatic carbocycles. The molecule has 0 radical (unpaired) electrons. The molecule has 2 rings (SSSR count). The molecule has 0 bridgehead atoms. The van der Waals surface area contributed by atoms with Gasteiger partial charge in [-0.1, -0.05) is 29.8 Å². The fraction of sp³-hybridized carbons (Fsp3) is 0.500. The van der Waals surface area contributed by atoms with Crippen molar-refractivity contribution in [1.82, 2.24) is 10.2 Å². The highest BCUT2D eigenvalue weighted by molar-refractivity contribution is 5.79. The Labute approximate surface area is 125 Å². The van der Waals surface area contributed by atoms with Gasteiger partial charge in [0.25, 0.3) is 0 Å². The molecular weight excluding hydrogens is 266 g/mol. The summed E-state index contributed by atoms with van der Waals surface area (Å²) >= 11 is 0. The van der Waals surface area contributed by atoms with Crippen LogP contribution < -0.4 is 11.1 Å². The standard InChI is InChI=1S/C16H23N3O2/c1-12-5-4-6-13(9-12)10-15(20)19-8-3-2-7-14(19)11-18-16(17)21/h4-6,9,14H,2-3,7-8,10-11H2,1H3,(H3,17,18,21)/t14-/m0/s1. The molecule has 0 saturated carbocycles. The number of nitrogens with one attached hydrogen (secondary N) is 1. The number of piperidine rings is 1. The third-order valence-electron chi connectivity index (χ3n) is 3.90. The minimum absolute atomic E-state index is 0.0589. The van der Waals surface area contributed by atoms with Gasteiger partial charge in [0, 0.05) is 19.1 Å². The van der Waals surface area contributed by atoms with E-state index in [2.05, 4.69) is 5.32 Å². The summed E-state index contributed by atoms with van der Waals surface area (Å²) in [7, 11) is 0. The number of rotatable bonds is 4. The Morgan fingerprint density at radius 2 is 2.19 bits per heavy atom. The number of primary amides is 1. The van der Waals surface area contributed by atoms with Crippen LogP contribution in [0.3, 0.4) is 0 Å². The van der Waals surface area contributed by atoms with Crippen molar-refractivity contribution >= 4 is 11.9 Å². The monoisotopic (exact) mass is 289 g/mol. The lowest BCUT2D eigenvalue weighted by Crippen LogP contribution is -2.50. The molecule has 114 valence electrons. The molecule has 0 aromatic heterocycles. The first-order valence-electron chi connectivity index (χ1n) is 7.44. The molecule has 1 atom stereocenters. The van der Waals surface area contributed by atoms with Crippen molar-refractivity contribution in [2.24, 2.45) is 5.73 Å². The third-order valence-corrected chi connectivity index (χ3v) is 3.90. The second kappa shape index (κ2) is 7.11. The molecule has 1 fully saturated rings. The van der Waals surface area contributed by atoms with Crippen LogP contribution in [-0.2, 0) is 11.2 Å². The van der Waals surface area contributed by atoms with E-state index in [0.29, 0.717) is 13.0 Å². The molecule has 1 aromatic rings. The quantitative estimate of drug-likeness (QED) is 0.883. The summed E-state index contributed by atoms with van der Waals surface area (Å²) in [6.07, 6.45) is 3.43. The number of nitrogens with two attached hydrogens (primary N) is 1. The molecule has 1 aromatic carbocycles. The van der Waals surface area contributed by atoms with E-state index < -0.39 is 6.03 Å². The lowest BCUT2D eigenvalue weighted by atomic mass is 10.0. The van der Waals surface area contributed by atoms with E-state index in [4.69, 9.17) is 5.73 Å². The highest BCUT2D eigenvalue weighted by Gasteiger charge is 2.26. The zero-order chi connectivity index (χ0) is 15.2. The SMILES string of the molecule is Cc1cccc(CC(=O)N2CCCC[C@H]2CNC(N)=O)c1. The topological polar surface area (TPSA) is 75.4 Å². The fourth-order valence-corrected chi connectivity index (χ4v) is 2.86. The van der Waals surface area contributed by atoms with Crippen molar-refractivity contribution < 1.29 is 9.59 Å². The first kappa shape index (κ1) is 15.4. The summed E-state index contributed by atoms with van der Waals surface area (Å²) in [6.45, 7) is 3.22. The van der Waals surface area contributed by atoms with Crippen LogP contribution in [0.4, 0.5) is 4.79 Å². The van der Waals surface area contributed by atoms with Gasteiger partial charge in [-0.05, 0) is 31.7 Å². The number of likely N-dealkylation sites (tertiary alicyclic amines) is 1. The maximum absolute atomic E-state index is 12.5. The van der Waals surface area contributed by atoms with Gasteiger partial charge in [-0.25, -0.2) is 4.79 Å². The summed E-state index contributed by atoms with van der Waals surface area (Å²) in [4.78, 5) is 25.3. The number of hydrogen-bond acceptors (Lipinski definition) is 2. The molecule has 1 saturated heterocycles. The summed E-state index contributed by atoms with van der Waals surface area (Å²) in [5.41, 5.74) is 7.31. The number of hydrogen-bond donors (Lipinski definition) is 2. The van der Waals surface area contributed by atoms with Crippen LogP contribution >= 0.6 is 0 Å². The number of carbonyl (C=O) groups is 2. The highest BCUT2D eigenvalue weighted by Crippen LogP contribution is 2.18. The van der Waals surface area contributed by atoms with Crippen LogP contribution in [0.1, 0.15) is 30.4 Å². The van der Waals surface area contributed by atoms with Crippen molar-refractivity contribution in [2.75, 3.05) is 13.1 Å². The number of aryl methyl sites for hydroxylation is 1. The Bertz CT molecular complexity index is 516. The highest BCUT2D eigenvalue weighted by atomic mass is 16.2. The van der Waals surface area contributed by atoms with E-state index in [0.717, 1.165) is 36.9 Å². The van der Waals surface area contributed by atoms with E-state index in [-0.39, 0.29) is 11.9 Å². The largest absolute Gasteiger partial charge is 0.352 e. The van der Waals surface area contributed by atoms with Crippen molar-refractivity contribution in [3.8, 4) is 0 Å². The lowest BCUT2D eigenvalue weighted by Gasteiger charge is -2.36. The predicted molar refractivity (Wildman–Crippen MR) is 81.8 cm³/mol. The Morgan fingerprint density at radius 3 is 2.90 bits per heavy atom.